The molecule has 0 saturated heterocycles. The van der Waals surface area contributed by atoms with Crippen LogP contribution in [0.1, 0.15) is 33.3 Å². The molecule has 4 aromatic rings. The molecule has 4 rings (SSSR count). The van der Waals surface area contributed by atoms with Gasteiger partial charge in [0, 0.05) is 15.6 Å². The number of hydrogen-bond acceptors (Lipinski definition) is 5. The van der Waals surface area contributed by atoms with E-state index < -0.39 is 5.60 Å². The van der Waals surface area contributed by atoms with Crippen LogP contribution >= 0.6 is 27.5 Å². The number of hydrogen-bond donors (Lipinski definition) is 0. The molecule has 3 aromatic carbocycles. The van der Waals surface area contributed by atoms with E-state index in [0.717, 1.165) is 5.56 Å². The maximum absolute atomic E-state index is 13.4. The van der Waals surface area contributed by atoms with E-state index in [9.17, 15) is 4.79 Å². The van der Waals surface area contributed by atoms with Crippen LogP contribution in [0.2, 0.25) is 5.02 Å². The van der Waals surface area contributed by atoms with Gasteiger partial charge in [-0.3, -0.25) is 4.79 Å². The van der Waals surface area contributed by atoms with Crippen LogP contribution in [-0.2, 0) is 0 Å². The molecule has 8 heteroatoms. The van der Waals surface area contributed by atoms with E-state index in [0.29, 0.717) is 49.9 Å². The lowest BCUT2D eigenvalue weighted by molar-refractivity contribution is 0.124. The summed E-state index contributed by atoms with van der Waals surface area (Å²) in [7, 11) is 0. The second-order valence-corrected chi connectivity index (χ2v) is 9.92. The molecule has 0 N–H and O–H groups in total. The Morgan fingerprint density at radius 2 is 1.80 bits per heavy atom. The molecule has 1 heterocycles. The van der Waals surface area contributed by atoms with Crippen LogP contribution in [0.15, 0.2) is 75.0 Å². The highest BCUT2D eigenvalue weighted by Crippen LogP contribution is 2.43. The molecule has 0 fully saturated rings. The molecule has 0 atom stereocenters. The SMILES string of the molecule is CCOc1cc(C=Nn2c(-c3ccccc3)nc3ccccc3c2=O)c(Br)c(Cl)c1OC(C)(C)C. The minimum atomic E-state index is -0.473. The van der Waals surface area contributed by atoms with Crippen LogP contribution in [0, 0.1) is 0 Å². The summed E-state index contributed by atoms with van der Waals surface area (Å²) in [5.41, 5.74) is 1.26. The lowest BCUT2D eigenvalue weighted by atomic mass is 10.1. The number of para-hydroxylation sites is 1. The molecule has 35 heavy (non-hydrogen) atoms. The van der Waals surface area contributed by atoms with Gasteiger partial charge < -0.3 is 9.47 Å². The third kappa shape index (κ3) is 5.41. The van der Waals surface area contributed by atoms with Gasteiger partial charge in [0.15, 0.2) is 17.3 Å². The van der Waals surface area contributed by atoms with E-state index in [1.807, 2.05) is 70.2 Å². The second-order valence-electron chi connectivity index (χ2n) is 8.75. The summed E-state index contributed by atoms with van der Waals surface area (Å²) in [6, 6.07) is 18.5. The van der Waals surface area contributed by atoms with Gasteiger partial charge in [0.1, 0.15) is 10.6 Å². The van der Waals surface area contributed by atoms with Crippen molar-refractivity contribution in [3.8, 4) is 22.9 Å². The van der Waals surface area contributed by atoms with Gasteiger partial charge in [-0.1, -0.05) is 54.1 Å². The van der Waals surface area contributed by atoms with E-state index in [1.165, 1.54) is 4.68 Å². The number of ether oxygens (including phenoxy) is 2. The first-order chi connectivity index (χ1) is 16.7. The Morgan fingerprint density at radius 1 is 1.11 bits per heavy atom. The van der Waals surface area contributed by atoms with E-state index >= 15 is 0 Å². The zero-order chi connectivity index (χ0) is 25.2. The van der Waals surface area contributed by atoms with E-state index in [4.69, 9.17) is 26.1 Å². The molecule has 0 unspecified atom stereocenters. The topological polar surface area (TPSA) is 65.7 Å². The highest BCUT2D eigenvalue weighted by molar-refractivity contribution is 9.10. The quantitative estimate of drug-likeness (QED) is 0.242. The largest absolute Gasteiger partial charge is 0.490 e. The second kappa shape index (κ2) is 10.2. The van der Waals surface area contributed by atoms with Crippen molar-refractivity contribution < 1.29 is 9.47 Å². The molecule has 0 amide bonds. The van der Waals surface area contributed by atoms with Gasteiger partial charge in [-0.2, -0.15) is 9.78 Å². The fraction of sp³-hybridized carbons (Fsp3) is 0.222. The van der Waals surface area contributed by atoms with Crippen molar-refractivity contribution in [3.05, 3.63) is 86.1 Å². The molecule has 0 bridgehead atoms. The van der Waals surface area contributed by atoms with Crippen molar-refractivity contribution in [1.29, 1.82) is 0 Å². The Morgan fingerprint density at radius 3 is 2.49 bits per heavy atom. The first-order valence-electron chi connectivity index (χ1n) is 11.1. The van der Waals surface area contributed by atoms with Gasteiger partial charge in [-0.25, -0.2) is 4.98 Å². The normalized spacial score (nSPS) is 11.8. The summed E-state index contributed by atoms with van der Waals surface area (Å²) in [6.07, 6.45) is 1.56. The highest BCUT2D eigenvalue weighted by Gasteiger charge is 2.22. The van der Waals surface area contributed by atoms with Crippen molar-refractivity contribution in [2.45, 2.75) is 33.3 Å². The van der Waals surface area contributed by atoms with Gasteiger partial charge >= 0.3 is 0 Å². The molecule has 0 aliphatic carbocycles. The molecule has 0 radical (unpaired) electrons. The maximum Gasteiger partial charge on any atom is 0.282 e. The zero-order valence-electron chi connectivity index (χ0n) is 19.9. The Bertz CT molecular complexity index is 1460. The lowest BCUT2D eigenvalue weighted by Gasteiger charge is -2.24. The van der Waals surface area contributed by atoms with Gasteiger partial charge in [-0.05, 0) is 61.8 Å². The van der Waals surface area contributed by atoms with Crippen LogP contribution in [0.5, 0.6) is 11.5 Å². The number of nitrogens with zero attached hydrogens (tertiary/aromatic N) is 3. The summed E-state index contributed by atoms with van der Waals surface area (Å²) in [6.45, 7) is 8.13. The molecular weight excluding hydrogens is 530 g/mol. The molecule has 1 aromatic heterocycles. The van der Waals surface area contributed by atoms with Crippen molar-refractivity contribution >= 4 is 44.6 Å². The van der Waals surface area contributed by atoms with Gasteiger partial charge in [0.2, 0.25) is 0 Å². The molecular formula is C27H25BrClN3O3. The van der Waals surface area contributed by atoms with Gasteiger partial charge in [0.05, 0.1) is 23.7 Å². The molecule has 6 nitrogen and oxygen atoms in total. The Kier molecular flexibility index (Phi) is 7.28. The molecule has 0 aliphatic heterocycles. The average molecular weight is 555 g/mol. The average Bonchev–Trinajstić information content (AvgIpc) is 2.83. The molecule has 180 valence electrons. The first-order valence-corrected chi connectivity index (χ1v) is 12.3. The van der Waals surface area contributed by atoms with Crippen molar-refractivity contribution in [1.82, 2.24) is 9.66 Å². The highest BCUT2D eigenvalue weighted by atomic mass is 79.9. The fourth-order valence-corrected chi connectivity index (χ4v) is 4.13. The fourth-order valence-electron chi connectivity index (χ4n) is 3.49. The van der Waals surface area contributed by atoms with Crippen molar-refractivity contribution in [2.75, 3.05) is 6.61 Å². The van der Waals surface area contributed by atoms with Crippen LogP contribution in [-0.4, -0.2) is 28.1 Å². The third-order valence-electron chi connectivity index (χ3n) is 4.96. The van der Waals surface area contributed by atoms with Crippen LogP contribution in [0.3, 0.4) is 0 Å². The van der Waals surface area contributed by atoms with Gasteiger partial charge in [-0.15, -0.1) is 0 Å². The summed E-state index contributed by atoms with van der Waals surface area (Å²) in [5.74, 6) is 1.37. The van der Waals surface area contributed by atoms with Crippen LogP contribution in [0.4, 0.5) is 0 Å². The van der Waals surface area contributed by atoms with Crippen molar-refractivity contribution in [2.24, 2.45) is 5.10 Å². The number of benzene rings is 3. The van der Waals surface area contributed by atoms with E-state index in [-0.39, 0.29) is 5.56 Å². The zero-order valence-corrected chi connectivity index (χ0v) is 22.2. The summed E-state index contributed by atoms with van der Waals surface area (Å²) in [4.78, 5) is 18.1. The Labute approximate surface area is 217 Å². The minimum absolute atomic E-state index is 0.273. The van der Waals surface area contributed by atoms with E-state index in [1.54, 1.807) is 24.4 Å². The monoisotopic (exact) mass is 553 g/mol. The Balaban J connectivity index is 1.89. The molecule has 0 spiro atoms. The predicted octanol–water partition coefficient (Wildman–Crippen LogP) is 6.94. The third-order valence-corrected chi connectivity index (χ3v) is 6.41. The maximum atomic E-state index is 13.4. The number of halogens is 2. The smallest absolute Gasteiger partial charge is 0.282 e. The number of aromatic nitrogens is 2. The molecule has 0 aliphatic rings. The van der Waals surface area contributed by atoms with Crippen LogP contribution in [0.25, 0.3) is 22.3 Å². The standard InChI is InChI=1S/C27H25BrClN3O3/c1-5-34-21-15-18(22(28)23(29)24(21)35-27(2,3)4)16-30-32-25(17-11-7-6-8-12-17)31-20-14-10-9-13-19(20)26(32)33/h6-16H,5H2,1-4H3. The molecule has 0 saturated carbocycles. The summed E-state index contributed by atoms with van der Waals surface area (Å²) < 4.78 is 13.8. The van der Waals surface area contributed by atoms with Gasteiger partial charge in [0.25, 0.3) is 5.56 Å². The predicted molar refractivity (Wildman–Crippen MR) is 145 cm³/mol. The Hall–Kier alpha value is -3.16. The van der Waals surface area contributed by atoms with Crippen molar-refractivity contribution in [3.63, 3.8) is 0 Å². The van der Waals surface area contributed by atoms with E-state index in [2.05, 4.69) is 21.0 Å². The number of fused-ring (bicyclic) bond motifs is 1. The summed E-state index contributed by atoms with van der Waals surface area (Å²) in [5, 5.41) is 5.38. The summed E-state index contributed by atoms with van der Waals surface area (Å²) >= 11 is 10.2. The first kappa shape index (κ1) is 24.9. The minimum Gasteiger partial charge on any atom is -0.490 e. The lowest BCUT2D eigenvalue weighted by Crippen LogP contribution is -2.23. The van der Waals surface area contributed by atoms with Crippen LogP contribution < -0.4 is 15.0 Å². The number of rotatable bonds is 6.